The molecule has 2 aliphatic rings. The van der Waals surface area contributed by atoms with Crippen LogP contribution in [0.1, 0.15) is 13.8 Å². The summed E-state index contributed by atoms with van der Waals surface area (Å²) in [5.41, 5.74) is 0.985. The maximum absolute atomic E-state index is 9.24. The van der Waals surface area contributed by atoms with Crippen molar-refractivity contribution >= 4 is 0 Å². The van der Waals surface area contributed by atoms with Crippen molar-refractivity contribution in [3.05, 3.63) is 36.0 Å². The largest absolute Gasteiger partial charge is 0.363 e. The van der Waals surface area contributed by atoms with Gasteiger partial charge in [-0.25, -0.2) is 9.78 Å². The highest BCUT2D eigenvalue weighted by Crippen LogP contribution is 2.28. The third kappa shape index (κ3) is 1.80. The third-order valence-corrected chi connectivity index (χ3v) is 2.37. The van der Waals surface area contributed by atoms with Crippen molar-refractivity contribution < 1.29 is 14.9 Å². The van der Waals surface area contributed by atoms with Gasteiger partial charge in [0.15, 0.2) is 6.10 Å². The standard InChI is InChI=1S/C11H14O3/c1-11(2)6-3-4-8(5-7-11)9-10(12)14-13-9/h3-7,9-10,12H,1-2H3. The Morgan fingerprint density at radius 2 is 2.07 bits per heavy atom. The summed E-state index contributed by atoms with van der Waals surface area (Å²) in [5, 5.41) is 9.24. The van der Waals surface area contributed by atoms with Crippen molar-refractivity contribution in [1.82, 2.24) is 0 Å². The molecule has 14 heavy (non-hydrogen) atoms. The maximum atomic E-state index is 9.24. The van der Waals surface area contributed by atoms with Gasteiger partial charge in [-0.1, -0.05) is 44.2 Å². The van der Waals surface area contributed by atoms with Crippen LogP contribution in [0.2, 0.25) is 0 Å². The number of hydrogen-bond acceptors (Lipinski definition) is 3. The van der Waals surface area contributed by atoms with Gasteiger partial charge < -0.3 is 5.11 Å². The lowest BCUT2D eigenvalue weighted by atomic mass is 9.93. The highest BCUT2D eigenvalue weighted by Gasteiger charge is 2.35. The summed E-state index contributed by atoms with van der Waals surface area (Å²) in [6.07, 6.45) is 8.88. The van der Waals surface area contributed by atoms with Crippen molar-refractivity contribution in [3.8, 4) is 0 Å². The summed E-state index contributed by atoms with van der Waals surface area (Å²) in [6.45, 7) is 4.23. The van der Waals surface area contributed by atoms with Crippen molar-refractivity contribution in [3.63, 3.8) is 0 Å². The van der Waals surface area contributed by atoms with Crippen LogP contribution < -0.4 is 0 Å². The van der Waals surface area contributed by atoms with Crippen molar-refractivity contribution in [2.45, 2.75) is 26.2 Å². The molecular formula is C11H14O3. The molecule has 1 N–H and O–H groups in total. The molecule has 0 radical (unpaired) electrons. The van der Waals surface area contributed by atoms with Gasteiger partial charge in [-0.3, -0.25) is 0 Å². The molecule has 1 aliphatic carbocycles. The van der Waals surface area contributed by atoms with Gasteiger partial charge in [0.2, 0.25) is 6.29 Å². The Balaban J connectivity index is 2.15. The van der Waals surface area contributed by atoms with Gasteiger partial charge in [-0.05, 0) is 5.57 Å². The van der Waals surface area contributed by atoms with Crippen LogP contribution in [-0.2, 0) is 9.78 Å². The number of hydrogen-bond donors (Lipinski definition) is 1. The van der Waals surface area contributed by atoms with Gasteiger partial charge in [-0.2, -0.15) is 0 Å². The normalized spacial score (nSPS) is 34.6. The highest BCUT2D eigenvalue weighted by molar-refractivity contribution is 5.34. The molecule has 0 aromatic carbocycles. The molecule has 3 heteroatoms. The predicted molar refractivity (Wildman–Crippen MR) is 52.1 cm³/mol. The van der Waals surface area contributed by atoms with Gasteiger partial charge in [0.1, 0.15) is 0 Å². The predicted octanol–water partition coefficient (Wildman–Crippen LogP) is 1.71. The number of aliphatic hydroxyl groups is 1. The second-order valence-electron chi connectivity index (χ2n) is 4.18. The molecule has 3 nitrogen and oxygen atoms in total. The van der Waals surface area contributed by atoms with E-state index >= 15 is 0 Å². The molecule has 0 aromatic rings. The first-order valence-corrected chi connectivity index (χ1v) is 4.67. The average molecular weight is 194 g/mol. The van der Waals surface area contributed by atoms with Crippen LogP contribution in [-0.4, -0.2) is 17.5 Å². The summed E-state index contributed by atoms with van der Waals surface area (Å²) >= 11 is 0. The molecule has 0 amide bonds. The molecule has 2 atom stereocenters. The van der Waals surface area contributed by atoms with Crippen molar-refractivity contribution in [2.24, 2.45) is 5.41 Å². The molecule has 0 aromatic heterocycles. The first-order chi connectivity index (χ1) is 6.58. The first kappa shape index (κ1) is 9.65. The van der Waals surface area contributed by atoms with E-state index in [-0.39, 0.29) is 11.5 Å². The summed E-state index contributed by atoms with van der Waals surface area (Å²) in [4.78, 5) is 9.25. The molecule has 2 rings (SSSR count). The molecule has 0 saturated carbocycles. The lowest BCUT2D eigenvalue weighted by Crippen LogP contribution is -2.43. The van der Waals surface area contributed by atoms with Crippen molar-refractivity contribution in [2.75, 3.05) is 0 Å². The lowest BCUT2D eigenvalue weighted by molar-refractivity contribution is -0.502. The van der Waals surface area contributed by atoms with Gasteiger partial charge in [0.05, 0.1) is 0 Å². The molecule has 2 unspecified atom stereocenters. The van der Waals surface area contributed by atoms with E-state index in [1.165, 1.54) is 0 Å². The van der Waals surface area contributed by atoms with Crippen LogP contribution in [0, 0.1) is 5.41 Å². The molecule has 1 fully saturated rings. The van der Waals surface area contributed by atoms with E-state index in [4.69, 9.17) is 4.89 Å². The number of rotatable bonds is 1. The number of allylic oxidation sites excluding steroid dienone is 4. The van der Waals surface area contributed by atoms with E-state index in [1.54, 1.807) is 0 Å². The van der Waals surface area contributed by atoms with Gasteiger partial charge in [0, 0.05) is 5.41 Å². The molecule has 1 aliphatic heterocycles. The monoisotopic (exact) mass is 194 g/mol. The average Bonchev–Trinajstić information content (AvgIpc) is 2.26. The van der Waals surface area contributed by atoms with Crippen LogP contribution >= 0.6 is 0 Å². The summed E-state index contributed by atoms with van der Waals surface area (Å²) < 4.78 is 0. The first-order valence-electron chi connectivity index (χ1n) is 4.67. The van der Waals surface area contributed by atoms with Crippen LogP contribution in [0.4, 0.5) is 0 Å². The Bertz CT molecular complexity index is 312. The van der Waals surface area contributed by atoms with Crippen LogP contribution in [0.5, 0.6) is 0 Å². The minimum Gasteiger partial charge on any atom is -0.363 e. The Labute approximate surface area is 83.3 Å². The molecule has 1 heterocycles. The van der Waals surface area contributed by atoms with E-state index in [9.17, 15) is 5.11 Å². The Hall–Kier alpha value is -0.900. The zero-order valence-corrected chi connectivity index (χ0v) is 8.31. The van der Waals surface area contributed by atoms with E-state index in [0.717, 1.165) is 5.57 Å². The Kier molecular flexibility index (Phi) is 2.31. The minimum atomic E-state index is -0.833. The number of aliphatic hydroxyl groups excluding tert-OH is 1. The quantitative estimate of drug-likeness (QED) is 0.646. The smallest absolute Gasteiger partial charge is 0.222 e. The summed E-state index contributed by atoms with van der Waals surface area (Å²) in [5.74, 6) is 0. The highest BCUT2D eigenvalue weighted by atomic mass is 17.3. The Morgan fingerprint density at radius 3 is 2.64 bits per heavy atom. The molecule has 0 bridgehead atoms. The molecule has 76 valence electrons. The van der Waals surface area contributed by atoms with E-state index in [2.05, 4.69) is 30.9 Å². The zero-order valence-electron chi connectivity index (χ0n) is 8.31. The van der Waals surface area contributed by atoms with Crippen LogP contribution in [0.25, 0.3) is 0 Å². The van der Waals surface area contributed by atoms with Crippen molar-refractivity contribution in [1.29, 1.82) is 0 Å². The maximum Gasteiger partial charge on any atom is 0.222 e. The topological polar surface area (TPSA) is 38.7 Å². The summed E-state index contributed by atoms with van der Waals surface area (Å²) in [6, 6.07) is 0. The molecule has 1 saturated heterocycles. The zero-order chi connectivity index (χ0) is 10.2. The van der Waals surface area contributed by atoms with E-state index < -0.39 is 6.29 Å². The second kappa shape index (κ2) is 3.35. The van der Waals surface area contributed by atoms with E-state index in [0.29, 0.717) is 0 Å². The van der Waals surface area contributed by atoms with Gasteiger partial charge in [0.25, 0.3) is 0 Å². The molecular weight excluding hydrogens is 180 g/mol. The Morgan fingerprint density at radius 1 is 1.29 bits per heavy atom. The fourth-order valence-corrected chi connectivity index (χ4v) is 1.40. The van der Waals surface area contributed by atoms with Gasteiger partial charge in [-0.15, -0.1) is 0 Å². The molecule has 0 spiro atoms. The SMILES string of the molecule is CC1(C)C=CC=C(C2OOC2O)C=C1. The third-order valence-electron chi connectivity index (χ3n) is 2.37. The fourth-order valence-electron chi connectivity index (χ4n) is 1.40. The van der Waals surface area contributed by atoms with Gasteiger partial charge >= 0.3 is 0 Å². The van der Waals surface area contributed by atoms with E-state index in [1.807, 2.05) is 18.2 Å². The lowest BCUT2D eigenvalue weighted by Gasteiger charge is -2.31. The van der Waals surface area contributed by atoms with Crippen LogP contribution in [0.3, 0.4) is 0 Å². The second-order valence-corrected chi connectivity index (χ2v) is 4.18. The fraction of sp³-hybridized carbons (Fsp3) is 0.455. The summed E-state index contributed by atoms with van der Waals surface area (Å²) in [7, 11) is 0. The van der Waals surface area contributed by atoms with Crippen LogP contribution in [0.15, 0.2) is 36.0 Å². The minimum absolute atomic E-state index is 0.0494.